The monoisotopic (exact) mass is 343 g/mol. The van der Waals surface area contributed by atoms with E-state index in [0.717, 1.165) is 0 Å². The number of anilines is 1. The largest absolute Gasteiger partial charge is 0.495 e. The molecule has 0 fully saturated rings. The van der Waals surface area contributed by atoms with Gasteiger partial charge in [-0.2, -0.15) is 4.72 Å². The number of hydrogen-bond donors (Lipinski definition) is 3. The zero-order valence-electron chi connectivity index (χ0n) is 13.5. The molecule has 3 N–H and O–H groups in total. The smallest absolute Gasteiger partial charge is 0.241 e. The molecule has 23 heavy (non-hydrogen) atoms. The maximum atomic E-state index is 12.3. The summed E-state index contributed by atoms with van der Waals surface area (Å²) in [6.07, 6.45) is 0. The number of benzene rings is 1. The lowest BCUT2D eigenvalue weighted by Crippen LogP contribution is -2.44. The molecule has 8 nitrogen and oxygen atoms in total. The fourth-order valence-corrected chi connectivity index (χ4v) is 3.03. The Balaban J connectivity index is 3.04. The molecule has 0 bridgehead atoms. The van der Waals surface area contributed by atoms with Crippen LogP contribution >= 0.6 is 0 Å². The minimum Gasteiger partial charge on any atom is -0.495 e. The highest BCUT2D eigenvalue weighted by Crippen LogP contribution is 2.27. The van der Waals surface area contributed by atoms with Crippen LogP contribution in [0.5, 0.6) is 5.75 Å². The van der Waals surface area contributed by atoms with Gasteiger partial charge in [0.2, 0.25) is 21.8 Å². The summed E-state index contributed by atoms with van der Waals surface area (Å²) in [6, 6.07) is 3.10. The van der Waals surface area contributed by atoms with Crippen molar-refractivity contribution in [2.24, 2.45) is 0 Å². The van der Waals surface area contributed by atoms with Crippen molar-refractivity contribution in [3.8, 4) is 5.75 Å². The van der Waals surface area contributed by atoms with Gasteiger partial charge in [-0.25, -0.2) is 8.42 Å². The fraction of sp³-hybridized carbons (Fsp3) is 0.429. The van der Waals surface area contributed by atoms with E-state index < -0.39 is 22.0 Å². The molecule has 0 aliphatic heterocycles. The zero-order valence-corrected chi connectivity index (χ0v) is 14.3. The number of carbonyl (C=O) groups is 2. The van der Waals surface area contributed by atoms with Gasteiger partial charge in [-0.3, -0.25) is 9.59 Å². The van der Waals surface area contributed by atoms with Crippen LogP contribution < -0.4 is 20.1 Å². The minimum atomic E-state index is -3.90. The average molecular weight is 343 g/mol. The van der Waals surface area contributed by atoms with Crippen LogP contribution in [-0.4, -0.2) is 39.9 Å². The van der Waals surface area contributed by atoms with Gasteiger partial charge in [0.15, 0.2) is 0 Å². The first-order valence-electron chi connectivity index (χ1n) is 6.97. The van der Waals surface area contributed by atoms with Crippen molar-refractivity contribution in [3.63, 3.8) is 0 Å². The van der Waals surface area contributed by atoms with Crippen molar-refractivity contribution < 1.29 is 22.7 Å². The van der Waals surface area contributed by atoms with Crippen molar-refractivity contribution in [2.75, 3.05) is 19.0 Å². The van der Waals surface area contributed by atoms with Gasteiger partial charge in [0.25, 0.3) is 0 Å². The van der Waals surface area contributed by atoms with Crippen LogP contribution in [-0.2, 0) is 19.6 Å². The molecular weight excluding hydrogens is 322 g/mol. The van der Waals surface area contributed by atoms with E-state index >= 15 is 0 Å². The Hall–Kier alpha value is -2.13. The summed E-state index contributed by atoms with van der Waals surface area (Å²) < 4.78 is 32.0. The van der Waals surface area contributed by atoms with Gasteiger partial charge in [0.1, 0.15) is 5.75 Å². The Morgan fingerprint density at radius 1 is 1.30 bits per heavy atom. The number of rotatable bonds is 7. The average Bonchev–Trinajstić information content (AvgIpc) is 2.46. The molecule has 1 aromatic rings. The molecule has 0 spiro atoms. The fourth-order valence-electron chi connectivity index (χ4n) is 1.81. The third-order valence-corrected chi connectivity index (χ3v) is 4.41. The van der Waals surface area contributed by atoms with Crippen LogP contribution in [0.1, 0.15) is 20.8 Å². The van der Waals surface area contributed by atoms with Crippen molar-refractivity contribution in [1.82, 2.24) is 10.0 Å². The Bertz CT molecular complexity index is 688. The maximum Gasteiger partial charge on any atom is 0.241 e. The predicted molar refractivity (Wildman–Crippen MR) is 85.8 cm³/mol. The zero-order chi connectivity index (χ0) is 17.6. The molecule has 9 heteroatoms. The van der Waals surface area contributed by atoms with E-state index in [2.05, 4.69) is 15.4 Å². The maximum absolute atomic E-state index is 12.3. The summed E-state index contributed by atoms with van der Waals surface area (Å²) in [5.41, 5.74) is 0.357. The number of ether oxygens (including phenoxy) is 1. The van der Waals surface area contributed by atoms with Gasteiger partial charge in [-0.1, -0.05) is 0 Å². The summed E-state index contributed by atoms with van der Waals surface area (Å²) in [6.45, 7) is 4.93. The molecule has 0 aliphatic carbocycles. The Kier molecular flexibility index (Phi) is 6.52. The summed E-state index contributed by atoms with van der Waals surface area (Å²) >= 11 is 0. The van der Waals surface area contributed by atoms with Crippen LogP contribution in [0, 0.1) is 0 Å². The molecule has 0 heterocycles. The van der Waals surface area contributed by atoms with E-state index in [1.165, 1.54) is 39.2 Å². The summed E-state index contributed by atoms with van der Waals surface area (Å²) in [5, 5.41) is 5.07. The van der Waals surface area contributed by atoms with Gasteiger partial charge in [0.05, 0.1) is 23.7 Å². The van der Waals surface area contributed by atoms with Gasteiger partial charge in [0, 0.05) is 19.5 Å². The second-order valence-corrected chi connectivity index (χ2v) is 6.49. The molecular formula is C14H21N3O5S. The second-order valence-electron chi connectivity index (χ2n) is 4.78. The number of hydrogen-bond acceptors (Lipinski definition) is 5. The SMILES string of the molecule is CCNC(=O)[C@@H](C)NS(=O)(=O)c1ccc(NC(C)=O)c(OC)c1. The van der Waals surface area contributed by atoms with Gasteiger partial charge < -0.3 is 15.4 Å². The Morgan fingerprint density at radius 2 is 1.96 bits per heavy atom. The summed E-state index contributed by atoms with van der Waals surface area (Å²) in [7, 11) is -2.54. The van der Waals surface area contributed by atoms with Crippen molar-refractivity contribution in [1.29, 1.82) is 0 Å². The molecule has 128 valence electrons. The van der Waals surface area contributed by atoms with E-state index in [1.807, 2.05) is 0 Å². The van der Waals surface area contributed by atoms with Gasteiger partial charge in [-0.05, 0) is 26.0 Å². The van der Waals surface area contributed by atoms with Gasteiger partial charge in [-0.15, -0.1) is 0 Å². The lowest BCUT2D eigenvalue weighted by Gasteiger charge is -2.15. The van der Waals surface area contributed by atoms with Crippen LogP contribution in [0.25, 0.3) is 0 Å². The molecule has 1 rings (SSSR count). The summed E-state index contributed by atoms with van der Waals surface area (Å²) in [4.78, 5) is 22.7. The quantitative estimate of drug-likeness (QED) is 0.665. The molecule has 0 unspecified atom stereocenters. The van der Waals surface area contributed by atoms with Crippen LogP contribution in [0.15, 0.2) is 23.1 Å². The minimum absolute atomic E-state index is 0.0698. The molecule has 0 saturated carbocycles. The normalized spacial score (nSPS) is 12.3. The van der Waals surface area contributed by atoms with E-state index in [9.17, 15) is 18.0 Å². The summed E-state index contributed by atoms with van der Waals surface area (Å²) in [5.74, 6) is -0.520. The van der Waals surface area contributed by atoms with Crippen LogP contribution in [0.4, 0.5) is 5.69 Å². The highest BCUT2D eigenvalue weighted by atomic mass is 32.2. The number of likely N-dealkylation sites (N-methyl/N-ethyl adjacent to an activating group) is 1. The molecule has 1 atom stereocenters. The number of carbonyl (C=O) groups excluding carboxylic acids is 2. The van der Waals surface area contributed by atoms with E-state index in [0.29, 0.717) is 12.2 Å². The van der Waals surface area contributed by atoms with Crippen LogP contribution in [0.3, 0.4) is 0 Å². The molecule has 1 aromatic carbocycles. The van der Waals surface area contributed by atoms with E-state index in [-0.39, 0.29) is 16.6 Å². The molecule has 0 saturated heterocycles. The lowest BCUT2D eigenvalue weighted by molar-refractivity contribution is -0.122. The second kappa shape index (κ2) is 7.93. The standard InChI is InChI=1S/C14H21N3O5S/c1-5-15-14(19)9(2)17-23(20,21)11-6-7-12(16-10(3)18)13(8-11)22-4/h6-9,17H,5H2,1-4H3,(H,15,19)(H,16,18)/t9-/m1/s1. The Labute approximate surface area is 135 Å². The first-order valence-corrected chi connectivity index (χ1v) is 8.45. The lowest BCUT2D eigenvalue weighted by atomic mass is 10.3. The Morgan fingerprint density at radius 3 is 2.48 bits per heavy atom. The number of sulfonamides is 1. The molecule has 2 amide bonds. The molecule has 0 radical (unpaired) electrons. The predicted octanol–water partition coefficient (Wildman–Crippen LogP) is 0.457. The third-order valence-electron chi connectivity index (χ3n) is 2.87. The highest BCUT2D eigenvalue weighted by Gasteiger charge is 2.22. The van der Waals surface area contributed by atoms with Crippen molar-refractivity contribution in [3.05, 3.63) is 18.2 Å². The first-order chi connectivity index (χ1) is 10.7. The number of nitrogens with one attached hydrogen (secondary N) is 3. The van der Waals surface area contributed by atoms with Crippen molar-refractivity contribution >= 4 is 27.5 Å². The topological polar surface area (TPSA) is 114 Å². The number of amides is 2. The highest BCUT2D eigenvalue weighted by molar-refractivity contribution is 7.89. The van der Waals surface area contributed by atoms with Crippen LogP contribution in [0.2, 0.25) is 0 Å². The number of methoxy groups -OCH3 is 1. The first kappa shape index (κ1) is 18.9. The van der Waals surface area contributed by atoms with E-state index in [1.54, 1.807) is 6.92 Å². The molecule has 0 aromatic heterocycles. The molecule has 0 aliphatic rings. The van der Waals surface area contributed by atoms with Crippen molar-refractivity contribution in [2.45, 2.75) is 31.7 Å². The van der Waals surface area contributed by atoms with Gasteiger partial charge >= 0.3 is 0 Å². The van der Waals surface area contributed by atoms with E-state index in [4.69, 9.17) is 4.74 Å². The third kappa shape index (κ3) is 5.22.